The molecule has 6 heteroatoms. The van der Waals surface area contributed by atoms with Gasteiger partial charge in [0.2, 0.25) is 0 Å². The van der Waals surface area contributed by atoms with Crippen LogP contribution in [0.4, 0.5) is 11.5 Å². The number of nitrogens with zero attached hydrogens (tertiary/aromatic N) is 3. The van der Waals surface area contributed by atoms with Crippen LogP contribution < -0.4 is 9.80 Å². The van der Waals surface area contributed by atoms with E-state index in [0.29, 0.717) is 0 Å². The van der Waals surface area contributed by atoms with Gasteiger partial charge in [0.25, 0.3) is 0 Å². The van der Waals surface area contributed by atoms with Gasteiger partial charge in [0.15, 0.2) is 11.4 Å². The maximum absolute atomic E-state index is 6.40. The third-order valence-electron chi connectivity index (χ3n) is 5.49. The van der Waals surface area contributed by atoms with Crippen molar-refractivity contribution in [1.29, 1.82) is 0 Å². The first-order valence-corrected chi connectivity index (χ1v) is 10.1. The molecule has 2 aromatic carbocycles. The zero-order valence-electron chi connectivity index (χ0n) is 15.8. The number of anilines is 1. The molecule has 5 nitrogen and oxygen atoms in total. The van der Waals surface area contributed by atoms with Gasteiger partial charge in [0.05, 0.1) is 26.2 Å². The molecule has 1 aliphatic heterocycles. The molecule has 0 aliphatic carbocycles. The summed E-state index contributed by atoms with van der Waals surface area (Å²) in [5.74, 6) is 1.77. The van der Waals surface area contributed by atoms with E-state index in [2.05, 4.69) is 30.0 Å². The summed E-state index contributed by atoms with van der Waals surface area (Å²) in [7, 11) is 0. The lowest BCUT2D eigenvalue weighted by molar-refractivity contribution is -0.833. The van der Waals surface area contributed by atoms with E-state index in [4.69, 9.17) is 26.0 Å². The highest BCUT2D eigenvalue weighted by molar-refractivity contribution is 6.32. The fraction of sp³-hybridized carbons (Fsp3) is 0.273. The van der Waals surface area contributed by atoms with Crippen molar-refractivity contribution in [3.05, 3.63) is 59.4 Å². The van der Waals surface area contributed by atoms with E-state index in [0.717, 1.165) is 71.3 Å². The molecule has 0 bridgehead atoms. The second-order valence-electron chi connectivity index (χ2n) is 7.16. The summed E-state index contributed by atoms with van der Waals surface area (Å²) in [6.45, 7) is 5.82. The topological polar surface area (TPSA) is 46.6 Å². The molecule has 2 aromatic heterocycles. The van der Waals surface area contributed by atoms with E-state index in [9.17, 15) is 0 Å². The van der Waals surface area contributed by atoms with Crippen molar-refractivity contribution in [3.63, 3.8) is 0 Å². The molecule has 3 heterocycles. The van der Waals surface area contributed by atoms with Gasteiger partial charge in [-0.05, 0) is 18.2 Å². The highest BCUT2D eigenvalue weighted by Crippen LogP contribution is 2.33. The number of nitrogens with one attached hydrogen (secondary N) is 1. The number of para-hydroxylation sites is 2. The molecule has 4 aromatic rings. The molecule has 0 unspecified atom stereocenters. The maximum Gasteiger partial charge on any atom is 0.196 e. The van der Waals surface area contributed by atoms with E-state index in [1.165, 1.54) is 10.6 Å². The Balaban J connectivity index is 1.51. The number of halogens is 1. The molecule has 0 saturated carbocycles. The molecule has 1 fully saturated rings. The van der Waals surface area contributed by atoms with Crippen molar-refractivity contribution in [2.75, 3.05) is 31.1 Å². The van der Waals surface area contributed by atoms with E-state index < -0.39 is 0 Å². The molecule has 28 heavy (non-hydrogen) atoms. The van der Waals surface area contributed by atoms with Crippen LogP contribution in [0.3, 0.4) is 0 Å². The smallest absolute Gasteiger partial charge is 0.196 e. The fourth-order valence-electron chi connectivity index (χ4n) is 4.00. The van der Waals surface area contributed by atoms with Crippen molar-refractivity contribution in [2.45, 2.75) is 13.3 Å². The van der Waals surface area contributed by atoms with Crippen LogP contribution in [0.5, 0.6) is 0 Å². The molecule has 0 amide bonds. The number of hydrogen-bond donors (Lipinski definition) is 1. The largest absolute Gasteiger partial charge is 0.450 e. The monoisotopic (exact) mass is 393 g/mol. The van der Waals surface area contributed by atoms with Gasteiger partial charge in [0, 0.05) is 17.9 Å². The Morgan fingerprint density at radius 3 is 2.57 bits per heavy atom. The molecule has 1 saturated heterocycles. The number of fused-ring (bicyclic) bond motifs is 3. The second kappa shape index (κ2) is 7.08. The normalized spacial score (nSPS) is 15.6. The number of aromatic nitrogens is 2. The number of hydrogen-bond acceptors (Lipinski definition) is 4. The SMILES string of the molecule is CCc1nc(N2CC[NH+](c3ccccc3Cl)CC2)c2oc3ccccc3c2n1. The van der Waals surface area contributed by atoms with Gasteiger partial charge >= 0.3 is 0 Å². The standard InChI is InChI=1S/C22H21ClN4O/c1-2-19-24-20-15-7-3-6-10-18(15)28-21(20)22(25-19)27-13-11-26(12-14-27)17-9-5-4-8-16(17)23/h3-10H,2,11-14H2,1H3/p+1. The van der Waals surface area contributed by atoms with Crippen molar-refractivity contribution < 1.29 is 9.32 Å². The minimum atomic E-state index is 0.791. The summed E-state index contributed by atoms with van der Waals surface area (Å²) in [4.78, 5) is 13.3. The lowest BCUT2D eigenvalue weighted by atomic mass is 10.2. The van der Waals surface area contributed by atoms with E-state index >= 15 is 0 Å². The Labute approximate surface area is 168 Å². The number of furan rings is 1. The minimum Gasteiger partial charge on any atom is -0.450 e. The summed E-state index contributed by atoms with van der Waals surface area (Å²) in [6.07, 6.45) is 0.799. The van der Waals surface area contributed by atoms with Gasteiger partial charge in [-0.3, -0.25) is 4.90 Å². The Morgan fingerprint density at radius 2 is 1.79 bits per heavy atom. The Bertz CT molecular complexity index is 1150. The number of rotatable bonds is 3. The van der Waals surface area contributed by atoms with Crippen LogP contribution in [0.2, 0.25) is 5.02 Å². The number of quaternary nitrogens is 1. The lowest BCUT2D eigenvalue weighted by Crippen LogP contribution is -3.10. The molecule has 0 atom stereocenters. The van der Waals surface area contributed by atoms with Gasteiger partial charge in [-0.1, -0.05) is 42.8 Å². The summed E-state index contributed by atoms with van der Waals surface area (Å²) in [5, 5.41) is 1.89. The van der Waals surface area contributed by atoms with Crippen LogP contribution in [-0.2, 0) is 6.42 Å². The third kappa shape index (κ3) is 2.91. The fourth-order valence-corrected chi connectivity index (χ4v) is 4.27. The summed E-state index contributed by atoms with van der Waals surface area (Å²) >= 11 is 6.40. The third-order valence-corrected chi connectivity index (χ3v) is 5.82. The first kappa shape index (κ1) is 17.5. The summed E-state index contributed by atoms with van der Waals surface area (Å²) < 4.78 is 6.17. The predicted molar refractivity (Wildman–Crippen MR) is 113 cm³/mol. The van der Waals surface area contributed by atoms with Crippen LogP contribution in [0, 0.1) is 0 Å². The van der Waals surface area contributed by atoms with Crippen LogP contribution in [0.1, 0.15) is 12.7 Å². The van der Waals surface area contributed by atoms with Crippen LogP contribution >= 0.6 is 11.6 Å². The second-order valence-corrected chi connectivity index (χ2v) is 7.57. The molecule has 142 valence electrons. The number of aryl methyl sites for hydroxylation is 1. The van der Waals surface area contributed by atoms with E-state index in [-0.39, 0.29) is 0 Å². The first-order valence-electron chi connectivity index (χ1n) is 9.77. The maximum atomic E-state index is 6.40. The molecule has 0 spiro atoms. The molecule has 1 N–H and O–H groups in total. The highest BCUT2D eigenvalue weighted by atomic mass is 35.5. The zero-order chi connectivity index (χ0) is 19.1. The Hall–Kier alpha value is -2.63. The van der Waals surface area contributed by atoms with E-state index in [1.54, 1.807) is 0 Å². The van der Waals surface area contributed by atoms with Gasteiger partial charge < -0.3 is 9.32 Å². The quantitative estimate of drug-likeness (QED) is 0.577. The van der Waals surface area contributed by atoms with Crippen molar-refractivity contribution >= 4 is 45.2 Å². The number of piperazine rings is 1. The number of benzene rings is 2. The molecular weight excluding hydrogens is 372 g/mol. The van der Waals surface area contributed by atoms with Crippen LogP contribution in [0.15, 0.2) is 52.9 Å². The molecule has 0 radical (unpaired) electrons. The van der Waals surface area contributed by atoms with Gasteiger partial charge in [-0.15, -0.1) is 0 Å². The van der Waals surface area contributed by atoms with Gasteiger partial charge in [0.1, 0.15) is 27.6 Å². The Kier molecular flexibility index (Phi) is 4.41. The van der Waals surface area contributed by atoms with Gasteiger partial charge in [-0.25, -0.2) is 9.97 Å². The molecule has 1 aliphatic rings. The Morgan fingerprint density at radius 1 is 1.04 bits per heavy atom. The van der Waals surface area contributed by atoms with Crippen molar-refractivity contribution in [1.82, 2.24) is 9.97 Å². The van der Waals surface area contributed by atoms with Gasteiger partial charge in [-0.2, -0.15) is 0 Å². The van der Waals surface area contributed by atoms with Crippen LogP contribution in [-0.4, -0.2) is 36.1 Å². The lowest BCUT2D eigenvalue weighted by Gasteiger charge is -2.33. The average Bonchev–Trinajstić information content (AvgIpc) is 3.12. The van der Waals surface area contributed by atoms with E-state index in [1.807, 2.05) is 30.3 Å². The minimum absolute atomic E-state index is 0.791. The average molecular weight is 394 g/mol. The van der Waals surface area contributed by atoms with Crippen molar-refractivity contribution in [3.8, 4) is 0 Å². The van der Waals surface area contributed by atoms with Crippen molar-refractivity contribution in [2.24, 2.45) is 0 Å². The zero-order valence-corrected chi connectivity index (χ0v) is 16.5. The first-order chi connectivity index (χ1) is 13.7. The van der Waals surface area contributed by atoms with Crippen LogP contribution in [0.25, 0.3) is 22.1 Å². The summed E-state index contributed by atoms with van der Waals surface area (Å²) in [6, 6.07) is 16.2. The molecule has 5 rings (SSSR count). The molecular formula is C22H22ClN4O+. The summed E-state index contributed by atoms with van der Waals surface area (Å²) in [5.41, 5.74) is 3.74. The predicted octanol–water partition coefficient (Wildman–Crippen LogP) is 3.63. The highest BCUT2D eigenvalue weighted by Gasteiger charge is 2.27.